The molecule has 0 unspecified atom stereocenters. The van der Waals surface area contributed by atoms with Gasteiger partial charge in [0.15, 0.2) is 11.6 Å². The van der Waals surface area contributed by atoms with Crippen LogP contribution in [-0.4, -0.2) is 25.5 Å². The van der Waals surface area contributed by atoms with Gasteiger partial charge in [0.2, 0.25) is 5.91 Å². The minimum Gasteiger partial charge on any atom is -0.494 e. The molecule has 0 aromatic heterocycles. The van der Waals surface area contributed by atoms with E-state index < -0.39 is 11.9 Å². The Morgan fingerprint density at radius 3 is 2.48 bits per heavy atom. The second kappa shape index (κ2) is 8.48. The fraction of sp³-hybridized carbons (Fsp3) is 0.222. The third-order valence-corrected chi connectivity index (χ3v) is 3.82. The Bertz CT molecular complexity index is 765. The average Bonchev–Trinajstić information content (AvgIpc) is 2.60. The molecule has 0 aliphatic carbocycles. The fourth-order valence-corrected chi connectivity index (χ4v) is 2.32. The Morgan fingerprint density at radius 2 is 1.88 bits per heavy atom. The lowest BCUT2D eigenvalue weighted by Gasteiger charge is -2.15. The van der Waals surface area contributed by atoms with Crippen LogP contribution in [0.5, 0.6) is 5.75 Å². The molecule has 0 saturated heterocycles. The van der Waals surface area contributed by atoms with Gasteiger partial charge in [0.25, 0.3) is 5.91 Å². The molecule has 25 heavy (non-hydrogen) atoms. The zero-order valence-electron chi connectivity index (χ0n) is 13.8. The summed E-state index contributed by atoms with van der Waals surface area (Å²) in [5.41, 5.74) is 0.998. The first-order valence-corrected chi connectivity index (χ1v) is 7.95. The highest BCUT2D eigenvalue weighted by Crippen LogP contribution is 2.21. The predicted molar refractivity (Wildman–Crippen MR) is 93.3 cm³/mol. The summed E-state index contributed by atoms with van der Waals surface area (Å²) in [5.74, 6) is -1.13. The molecule has 2 amide bonds. The summed E-state index contributed by atoms with van der Waals surface area (Å²) in [6, 6.07) is 10.4. The van der Waals surface area contributed by atoms with E-state index in [2.05, 4.69) is 10.6 Å². The standard InChI is InChI=1S/C18H18ClFN2O3/c1-11(13-5-8-16(25-2)15(20)9-13)22-17(23)10-21-18(24)12-3-6-14(19)7-4-12/h3-9,11H,10H2,1-2H3,(H,21,24)(H,22,23)/t11-/m0/s1. The average molecular weight is 365 g/mol. The van der Waals surface area contributed by atoms with Gasteiger partial charge in [0.1, 0.15) is 0 Å². The molecule has 2 N–H and O–H groups in total. The Labute approximate surface area is 150 Å². The normalized spacial score (nSPS) is 11.5. The molecule has 7 heteroatoms. The molecule has 1 atom stereocenters. The van der Waals surface area contributed by atoms with Crippen LogP contribution in [0.3, 0.4) is 0 Å². The highest BCUT2D eigenvalue weighted by Gasteiger charge is 2.13. The Kier molecular flexibility index (Phi) is 6.36. The zero-order valence-corrected chi connectivity index (χ0v) is 14.6. The van der Waals surface area contributed by atoms with Crippen molar-refractivity contribution in [2.75, 3.05) is 13.7 Å². The van der Waals surface area contributed by atoms with Crippen LogP contribution in [-0.2, 0) is 4.79 Å². The molecule has 2 aromatic rings. The van der Waals surface area contributed by atoms with Crippen molar-refractivity contribution in [2.24, 2.45) is 0 Å². The van der Waals surface area contributed by atoms with Gasteiger partial charge in [0.05, 0.1) is 19.7 Å². The van der Waals surface area contributed by atoms with Gasteiger partial charge in [-0.05, 0) is 48.9 Å². The minimum absolute atomic E-state index is 0.137. The first kappa shape index (κ1) is 18.7. The third-order valence-electron chi connectivity index (χ3n) is 3.57. The molecule has 132 valence electrons. The van der Waals surface area contributed by atoms with Crippen molar-refractivity contribution in [3.63, 3.8) is 0 Å². The highest BCUT2D eigenvalue weighted by atomic mass is 35.5. The second-order valence-electron chi connectivity index (χ2n) is 5.37. The number of ether oxygens (including phenoxy) is 1. The predicted octanol–water partition coefficient (Wildman–Crippen LogP) is 3.09. The van der Waals surface area contributed by atoms with Crippen LogP contribution in [0.4, 0.5) is 4.39 Å². The topological polar surface area (TPSA) is 67.4 Å². The van der Waals surface area contributed by atoms with E-state index >= 15 is 0 Å². The summed E-state index contributed by atoms with van der Waals surface area (Å²) < 4.78 is 18.6. The first-order chi connectivity index (χ1) is 11.9. The van der Waals surface area contributed by atoms with Gasteiger partial charge in [-0.25, -0.2) is 4.39 Å². The minimum atomic E-state index is -0.503. The molecule has 0 fully saturated rings. The molecular formula is C18H18ClFN2O3. The quantitative estimate of drug-likeness (QED) is 0.827. The molecule has 0 spiro atoms. The molecule has 0 saturated carbocycles. The molecule has 2 aromatic carbocycles. The number of nitrogens with one attached hydrogen (secondary N) is 2. The number of benzene rings is 2. The Hall–Kier alpha value is -2.60. The van der Waals surface area contributed by atoms with Crippen LogP contribution in [0.25, 0.3) is 0 Å². The van der Waals surface area contributed by atoms with Crippen molar-refractivity contribution in [1.82, 2.24) is 10.6 Å². The molecular weight excluding hydrogens is 347 g/mol. The number of halogens is 2. The summed E-state index contributed by atoms with van der Waals surface area (Å²) in [6.07, 6.45) is 0. The molecule has 0 aliphatic rings. The van der Waals surface area contributed by atoms with E-state index in [0.29, 0.717) is 16.1 Å². The molecule has 2 rings (SSSR count). The van der Waals surface area contributed by atoms with E-state index in [1.807, 2.05) is 0 Å². The summed E-state index contributed by atoms with van der Waals surface area (Å²) in [4.78, 5) is 23.9. The van der Waals surface area contributed by atoms with Crippen LogP contribution in [0, 0.1) is 5.82 Å². The summed E-state index contributed by atoms with van der Waals surface area (Å²) in [6.45, 7) is 1.53. The second-order valence-corrected chi connectivity index (χ2v) is 5.81. The maximum absolute atomic E-state index is 13.7. The smallest absolute Gasteiger partial charge is 0.251 e. The highest BCUT2D eigenvalue weighted by molar-refractivity contribution is 6.30. The summed E-state index contributed by atoms with van der Waals surface area (Å²) >= 11 is 5.76. The van der Waals surface area contributed by atoms with Crippen LogP contribution in [0.2, 0.25) is 5.02 Å². The maximum atomic E-state index is 13.7. The van der Waals surface area contributed by atoms with E-state index in [-0.39, 0.29) is 24.1 Å². The zero-order chi connectivity index (χ0) is 18.4. The SMILES string of the molecule is COc1ccc([C@H](C)NC(=O)CNC(=O)c2ccc(Cl)cc2)cc1F. The molecule has 0 bridgehead atoms. The van der Waals surface area contributed by atoms with Gasteiger partial charge >= 0.3 is 0 Å². The molecule has 0 heterocycles. The van der Waals surface area contributed by atoms with Crippen LogP contribution >= 0.6 is 11.6 Å². The van der Waals surface area contributed by atoms with Crippen molar-refractivity contribution in [2.45, 2.75) is 13.0 Å². The van der Waals surface area contributed by atoms with Crippen LogP contribution in [0.15, 0.2) is 42.5 Å². The number of methoxy groups -OCH3 is 1. The number of hydrogen-bond donors (Lipinski definition) is 2. The lowest BCUT2D eigenvalue weighted by molar-refractivity contribution is -0.120. The van der Waals surface area contributed by atoms with Gasteiger partial charge in [-0.1, -0.05) is 17.7 Å². The van der Waals surface area contributed by atoms with Gasteiger partial charge in [-0.15, -0.1) is 0 Å². The third kappa shape index (κ3) is 5.19. The van der Waals surface area contributed by atoms with Crippen molar-refractivity contribution >= 4 is 23.4 Å². The molecule has 5 nitrogen and oxygen atoms in total. The Balaban J connectivity index is 1.88. The molecule has 0 radical (unpaired) electrons. The van der Waals surface area contributed by atoms with Gasteiger partial charge < -0.3 is 15.4 Å². The van der Waals surface area contributed by atoms with Crippen molar-refractivity contribution < 1.29 is 18.7 Å². The van der Waals surface area contributed by atoms with E-state index in [9.17, 15) is 14.0 Å². The maximum Gasteiger partial charge on any atom is 0.251 e. The number of carbonyl (C=O) groups excluding carboxylic acids is 2. The molecule has 0 aliphatic heterocycles. The Morgan fingerprint density at radius 1 is 1.20 bits per heavy atom. The van der Waals surface area contributed by atoms with E-state index in [0.717, 1.165) is 0 Å². The van der Waals surface area contributed by atoms with Gasteiger partial charge in [-0.2, -0.15) is 0 Å². The first-order valence-electron chi connectivity index (χ1n) is 7.57. The van der Waals surface area contributed by atoms with Crippen LogP contribution in [0.1, 0.15) is 28.9 Å². The van der Waals surface area contributed by atoms with Crippen molar-refractivity contribution in [1.29, 1.82) is 0 Å². The van der Waals surface area contributed by atoms with E-state index in [1.54, 1.807) is 37.3 Å². The van der Waals surface area contributed by atoms with Crippen molar-refractivity contribution in [3.05, 3.63) is 64.4 Å². The fourth-order valence-electron chi connectivity index (χ4n) is 2.19. The van der Waals surface area contributed by atoms with Gasteiger partial charge in [-0.3, -0.25) is 9.59 Å². The number of amides is 2. The summed E-state index contributed by atoms with van der Waals surface area (Å²) in [7, 11) is 1.38. The summed E-state index contributed by atoms with van der Waals surface area (Å²) in [5, 5.41) is 5.73. The number of hydrogen-bond acceptors (Lipinski definition) is 3. The lowest BCUT2D eigenvalue weighted by atomic mass is 10.1. The number of carbonyl (C=O) groups is 2. The lowest BCUT2D eigenvalue weighted by Crippen LogP contribution is -2.38. The van der Waals surface area contributed by atoms with Crippen molar-refractivity contribution in [3.8, 4) is 5.75 Å². The monoisotopic (exact) mass is 364 g/mol. The largest absolute Gasteiger partial charge is 0.494 e. The van der Waals surface area contributed by atoms with E-state index in [4.69, 9.17) is 16.3 Å². The van der Waals surface area contributed by atoms with Gasteiger partial charge in [0, 0.05) is 10.6 Å². The van der Waals surface area contributed by atoms with Crippen LogP contribution < -0.4 is 15.4 Å². The van der Waals surface area contributed by atoms with E-state index in [1.165, 1.54) is 19.2 Å². The number of rotatable bonds is 6.